The van der Waals surface area contributed by atoms with Crippen molar-refractivity contribution >= 4 is 17.3 Å². The monoisotopic (exact) mass is 529 g/mol. The maximum absolute atomic E-state index is 13.9. The summed E-state index contributed by atoms with van der Waals surface area (Å²) >= 11 is 1.22. The summed E-state index contributed by atoms with van der Waals surface area (Å²) in [6.45, 7) is 8.64. The number of ether oxygens (including phenoxy) is 2. The van der Waals surface area contributed by atoms with Crippen molar-refractivity contribution in [3.63, 3.8) is 0 Å². The molecule has 0 bridgehead atoms. The third-order valence-electron chi connectivity index (χ3n) is 6.53. The molecular formula is C25H34F3N3O4S. The second-order valence-electron chi connectivity index (χ2n) is 10.4. The summed E-state index contributed by atoms with van der Waals surface area (Å²) in [4.78, 5) is 23.5. The number of pyridine rings is 1. The topological polar surface area (TPSA) is 84.8 Å². The van der Waals surface area contributed by atoms with Gasteiger partial charge < -0.3 is 14.6 Å². The Morgan fingerprint density at radius 3 is 2.72 bits per heavy atom. The molecule has 2 atom stereocenters. The van der Waals surface area contributed by atoms with Crippen molar-refractivity contribution in [2.24, 2.45) is 11.3 Å². The zero-order valence-electron chi connectivity index (χ0n) is 21.3. The highest BCUT2D eigenvalue weighted by Crippen LogP contribution is 2.41. The van der Waals surface area contributed by atoms with Gasteiger partial charge in [0.05, 0.1) is 17.5 Å². The lowest BCUT2D eigenvalue weighted by Gasteiger charge is -2.47. The van der Waals surface area contributed by atoms with Gasteiger partial charge in [0.1, 0.15) is 10.8 Å². The summed E-state index contributed by atoms with van der Waals surface area (Å²) in [5.41, 5.74) is -0.773. The fourth-order valence-corrected chi connectivity index (χ4v) is 5.46. The van der Waals surface area contributed by atoms with Crippen molar-refractivity contribution in [3.05, 3.63) is 28.7 Å². The maximum Gasteiger partial charge on any atom is 0.388 e. The third kappa shape index (κ3) is 6.74. The Labute approximate surface area is 213 Å². The van der Waals surface area contributed by atoms with Crippen molar-refractivity contribution in [2.75, 3.05) is 19.7 Å². The number of carbonyl (C=O) groups is 1. The van der Waals surface area contributed by atoms with E-state index in [0.29, 0.717) is 36.8 Å². The quantitative estimate of drug-likeness (QED) is 0.392. The molecule has 7 nitrogen and oxygen atoms in total. The second-order valence-corrected chi connectivity index (χ2v) is 11.4. The number of likely N-dealkylation sites (tertiary alicyclic amines) is 1. The molecule has 0 amide bonds. The molecule has 11 heteroatoms. The Morgan fingerprint density at radius 2 is 2.11 bits per heavy atom. The van der Waals surface area contributed by atoms with Gasteiger partial charge in [-0.1, -0.05) is 34.1 Å². The Balaban J connectivity index is 1.91. The van der Waals surface area contributed by atoms with E-state index in [4.69, 9.17) is 4.74 Å². The fraction of sp³-hybridized carbons (Fsp3) is 0.640. The molecule has 3 rings (SSSR count). The van der Waals surface area contributed by atoms with Gasteiger partial charge in [-0.2, -0.15) is 8.78 Å². The summed E-state index contributed by atoms with van der Waals surface area (Å²) in [5, 5.41) is 10.5. The zero-order chi connectivity index (χ0) is 26.7. The van der Waals surface area contributed by atoms with Crippen LogP contribution in [0.3, 0.4) is 0 Å². The van der Waals surface area contributed by atoms with Crippen molar-refractivity contribution in [3.8, 4) is 16.5 Å². The van der Waals surface area contributed by atoms with Gasteiger partial charge in [0.2, 0.25) is 5.88 Å². The smallest absolute Gasteiger partial charge is 0.388 e. The van der Waals surface area contributed by atoms with Crippen molar-refractivity contribution in [1.29, 1.82) is 0 Å². The van der Waals surface area contributed by atoms with Crippen LogP contribution in [0.15, 0.2) is 12.3 Å². The Bertz CT molecular complexity index is 1060. The van der Waals surface area contributed by atoms with Gasteiger partial charge in [-0.3, -0.25) is 4.90 Å². The number of rotatable bonds is 10. The number of carboxylic acid groups (broad SMARTS) is 1. The number of alkyl halides is 2. The highest BCUT2D eigenvalue weighted by atomic mass is 32.1. The molecule has 0 radical (unpaired) electrons. The SMILES string of the molecule is CCCCO[C@@]1(C(=O)O)C[C@@H](C(C)(C)C)CN(Cc2sc(-c3cc(F)cnc3OC(F)F)nc2C)C1. The molecule has 0 spiro atoms. The number of hydrogen-bond donors (Lipinski definition) is 1. The minimum absolute atomic E-state index is 0.0450. The number of hydrogen-bond acceptors (Lipinski definition) is 7. The predicted molar refractivity (Wildman–Crippen MR) is 131 cm³/mol. The van der Waals surface area contributed by atoms with Crippen LogP contribution < -0.4 is 4.74 Å². The van der Waals surface area contributed by atoms with E-state index in [9.17, 15) is 23.1 Å². The lowest BCUT2D eigenvalue weighted by Crippen LogP contribution is -2.59. The van der Waals surface area contributed by atoms with E-state index in [1.807, 2.05) is 6.92 Å². The number of unbranched alkanes of at least 4 members (excludes halogenated alkanes) is 1. The van der Waals surface area contributed by atoms with Crippen LogP contribution in [0, 0.1) is 24.1 Å². The van der Waals surface area contributed by atoms with Crippen LogP contribution in [0.2, 0.25) is 0 Å². The molecule has 2 aromatic rings. The molecule has 36 heavy (non-hydrogen) atoms. The van der Waals surface area contributed by atoms with Gasteiger partial charge >= 0.3 is 12.6 Å². The lowest BCUT2D eigenvalue weighted by atomic mass is 9.71. The number of aliphatic carboxylic acids is 1. The van der Waals surface area contributed by atoms with Crippen molar-refractivity contribution < 1.29 is 32.5 Å². The molecule has 1 aliphatic heterocycles. The highest BCUT2D eigenvalue weighted by Gasteiger charge is 2.49. The van der Waals surface area contributed by atoms with Crippen LogP contribution in [-0.2, 0) is 16.1 Å². The third-order valence-corrected chi connectivity index (χ3v) is 7.71. The van der Waals surface area contributed by atoms with Gasteiger partial charge in [-0.25, -0.2) is 19.2 Å². The molecule has 200 valence electrons. The summed E-state index contributed by atoms with van der Waals surface area (Å²) in [6.07, 6.45) is 2.91. The Morgan fingerprint density at radius 1 is 1.39 bits per heavy atom. The summed E-state index contributed by atoms with van der Waals surface area (Å²) in [7, 11) is 0. The van der Waals surface area contributed by atoms with E-state index in [1.54, 1.807) is 6.92 Å². The number of nitrogens with zero attached hydrogens (tertiary/aromatic N) is 3. The second kappa shape index (κ2) is 11.4. The number of halogens is 3. The average Bonchev–Trinajstić information content (AvgIpc) is 3.14. The zero-order valence-corrected chi connectivity index (χ0v) is 22.1. The molecule has 3 heterocycles. The number of carboxylic acids is 1. The minimum atomic E-state index is -3.11. The molecule has 0 saturated carbocycles. The van der Waals surface area contributed by atoms with Gasteiger partial charge in [0, 0.05) is 31.1 Å². The predicted octanol–water partition coefficient (Wildman–Crippen LogP) is 5.76. The average molecular weight is 530 g/mol. The standard InChI is InChI=1S/C25H34F3N3O4S/c1-6-7-8-34-25(22(32)33)10-16(24(3,4)5)12-31(14-25)13-19-15(2)30-21(36-19)18-9-17(26)11-29-20(18)35-23(27)28/h9,11,16,23H,6-8,10,12-14H2,1-5H3,(H,32,33)/t16-,25+/m1/s1. The molecule has 2 aromatic heterocycles. The Hall–Kier alpha value is -2.24. The largest absolute Gasteiger partial charge is 0.479 e. The number of thiazole rings is 1. The highest BCUT2D eigenvalue weighted by molar-refractivity contribution is 7.15. The normalized spacial score (nSPS) is 21.2. The fourth-order valence-electron chi connectivity index (χ4n) is 4.35. The summed E-state index contributed by atoms with van der Waals surface area (Å²) in [6, 6.07) is 1.07. The first-order valence-electron chi connectivity index (χ1n) is 12.0. The van der Waals surface area contributed by atoms with Crippen LogP contribution in [0.1, 0.15) is 57.5 Å². The first-order valence-corrected chi connectivity index (χ1v) is 12.8. The summed E-state index contributed by atoms with van der Waals surface area (Å²) < 4.78 is 50.1. The molecule has 0 aliphatic carbocycles. The van der Waals surface area contributed by atoms with Crippen LogP contribution >= 0.6 is 11.3 Å². The van der Waals surface area contributed by atoms with Crippen LogP contribution in [-0.4, -0.2) is 57.9 Å². The molecule has 0 aromatic carbocycles. The molecule has 0 unspecified atom stereocenters. The van der Waals surface area contributed by atoms with E-state index in [1.165, 1.54) is 11.3 Å². The molecule has 1 aliphatic rings. The molecule has 1 saturated heterocycles. The van der Waals surface area contributed by atoms with Crippen LogP contribution in [0.25, 0.3) is 10.6 Å². The number of piperidine rings is 1. The van der Waals surface area contributed by atoms with E-state index in [0.717, 1.165) is 30.0 Å². The van der Waals surface area contributed by atoms with Gasteiger partial charge in [-0.15, -0.1) is 11.3 Å². The number of aryl methyl sites for hydroxylation is 1. The van der Waals surface area contributed by atoms with Gasteiger partial charge in [0.15, 0.2) is 5.60 Å². The van der Waals surface area contributed by atoms with Crippen molar-refractivity contribution in [1.82, 2.24) is 14.9 Å². The summed E-state index contributed by atoms with van der Waals surface area (Å²) in [5.74, 6) is -2.00. The first kappa shape index (κ1) is 28.3. The molecule has 1 N–H and O–H groups in total. The first-order chi connectivity index (χ1) is 16.8. The lowest BCUT2D eigenvalue weighted by molar-refractivity contribution is -0.181. The van der Waals surface area contributed by atoms with Gasteiger partial charge in [-0.05, 0) is 37.2 Å². The van der Waals surface area contributed by atoms with E-state index < -0.39 is 29.9 Å². The minimum Gasteiger partial charge on any atom is -0.479 e. The maximum atomic E-state index is 13.9. The van der Waals surface area contributed by atoms with Crippen LogP contribution in [0.5, 0.6) is 5.88 Å². The van der Waals surface area contributed by atoms with Gasteiger partial charge in [0.25, 0.3) is 0 Å². The number of aromatic nitrogens is 2. The van der Waals surface area contributed by atoms with Crippen molar-refractivity contribution in [2.45, 2.75) is 72.6 Å². The Kier molecular flexibility index (Phi) is 9.00. The van der Waals surface area contributed by atoms with E-state index in [-0.39, 0.29) is 23.4 Å². The molecule has 1 fully saturated rings. The van der Waals surface area contributed by atoms with E-state index >= 15 is 0 Å². The van der Waals surface area contributed by atoms with E-state index in [2.05, 4.69) is 40.4 Å². The van der Waals surface area contributed by atoms with Crippen LogP contribution in [0.4, 0.5) is 13.2 Å². The molecular weight excluding hydrogens is 495 g/mol.